The van der Waals surface area contributed by atoms with Crippen molar-refractivity contribution in [3.05, 3.63) is 94.8 Å². The molecule has 192 valence electrons. The molecule has 1 aromatic heterocycles. The summed E-state index contributed by atoms with van der Waals surface area (Å²) in [5.41, 5.74) is 1.98. The van der Waals surface area contributed by atoms with Gasteiger partial charge in [-0.15, -0.1) is 0 Å². The number of methoxy groups -OCH3 is 1. The first-order chi connectivity index (χ1) is 17.7. The summed E-state index contributed by atoms with van der Waals surface area (Å²) in [6.07, 6.45) is 2.42. The molecule has 3 aromatic carbocycles. The third kappa shape index (κ3) is 6.20. The van der Waals surface area contributed by atoms with Gasteiger partial charge in [-0.2, -0.15) is 9.78 Å². The molecule has 1 atom stereocenters. The van der Waals surface area contributed by atoms with E-state index >= 15 is 0 Å². The minimum Gasteiger partial charge on any atom is -0.493 e. The molecule has 6 nitrogen and oxygen atoms in total. The number of ether oxygens (including phenoxy) is 2. The summed E-state index contributed by atoms with van der Waals surface area (Å²) < 4.78 is 14.4. The van der Waals surface area contributed by atoms with Crippen molar-refractivity contribution >= 4 is 72.2 Å². The van der Waals surface area contributed by atoms with Crippen molar-refractivity contribution in [3.8, 4) is 11.5 Å². The molecular formula is C27H23Br2Cl2N3O3. The van der Waals surface area contributed by atoms with Crippen LogP contribution in [0, 0.1) is 0 Å². The highest BCUT2D eigenvalue weighted by Gasteiger charge is 2.16. The van der Waals surface area contributed by atoms with E-state index in [1.807, 2.05) is 31.2 Å². The molecule has 0 bridgehead atoms. The molecule has 0 aliphatic heterocycles. The van der Waals surface area contributed by atoms with E-state index in [1.165, 1.54) is 4.68 Å². The molecular weight excluding hydrogens is 645 g/mol. The predicted molar refractivity (Wildman–Crippen MR) is 157 cm³/mol. The fourth-order valence-electron chi connectivity index (χ4n) is 3.64. The zero-order valence-corrected chi connectivity index (χ0v) is 24.9. The Morgan fingerprint density at radius 1 is 1.11 bits per heavy atom. The number of rotatable bonds is 8. The van der Waals surface area contributed by atoms with Gasteiger partial charge in [0.15, 0.2) is 11.5 Å². The molecule has 10 heteroatoms. The fraction of sp³-hybridized carbons (Fsp3) is 0.222. The number of halogens is 4. The second kappa shape index (κ2) is 12.0. The van der Waals surface area contributed by atoms with E-state index in [-0.39, 0.29) is 18.1 Å². The summed E-state index contributed by atoms with van der Waals surface area (Å²) in [6, 6.07) is 14.4. The van der Waals surface area contributed by atoms with Crippen molar-refractivity contribution in [3.63, 3.8) is 0 Å². The lowest BCUT2D eigenvalue weighted by atomic mass is 10.1. The lowest BCUT2D eigenvalue weighted by Crippen LogP contribution is -2.23. The smallest absolute Gasteiger partial charge is 0.282 e. The summed E-state index contributed by atoms with van der Waals surface area (Å²) in [6.45, 7) is 4.35. The number of fused-ring (bicyclic) bond motifs is 1. The monoisotopic (exact) mass is 665 g/mol. The summed E-state index contributed by atoms with van der Waals surface area (Å²) in [5, 5.41) is 5.97. The van der Waals surface area contributed by atoms with Crippen LogP contribution in [0.5, 0.6) is 11.5 Å². The molecule has 1 heterocycles. The van der Waals surface area contributed by atoms with Gasteiger partial charge in [0, 0.05) is 10.4 Å². The molecule has 4 aromatic rings. The standard InChI is InChI=1S/C27H23Br2Cl2N3O3/c1-4-15(2)26-33-23-8-6-18(28)12-19(23)27(35)34(26)32-13-17-9-20(29)25(24(11-17)36-3)37-14-16-5-7-21(30)22(31)10-16/h5-13,15H,4,14H2,1-3H3/t15-/m1/s1. The van der Waals surface area contributed by atoms with Crippen molar-refractivity contribution in [2.75, 3.05) is 7.11 Å². The second-order valence-corrected chi connectivity index (χ2v) is 11.0. The van der Waals surface area contributed by atoms with Crippen LogP contribution < -0.4 is 15.0 Å². The van der Waals surface area contributed by atoms with E-state index in [9.17, 15) is 4.79 Å². The zero-order valence-electron chi connectivity index (χ0n) is 20.3. The molecule has 4 rings (SSSR count). The summed E-state index contributed by atoms with van der Waals surface area (Å²) in [7, 11) is 1.56. The first-order valence-corrected chi connectivity index (χ1v) is 13.8. The Hall–Kier alpha value is -2.39. The number of benzene rings is 3. The van der Waals surface area contributed by atoms with E-state index in [0.29, 0.717) is 48.3 Å². The summed E-state index contributed by atoms with van der Waals surface area (Å²) in [4.78, 5) is 18.1. The van der Waals surface area contributed by atoms with Crippen LogP contribution in [0.4, 0.5) is 0 Å². The maximum absolute atomic E-state index is 13.4. The highest BCUT2D eigenvalue weighted by molar-refractivity contribution is 9.10. The van der Waals surface area contributed by atoms with Crippen molar-refractivity contribution < 1.29 is 9.47 Å². The van der Waals surface area contributed by atoms with E-state index in [2.05, 4.69) is 43.9 Å². The van der Waals surface area contributed by atoms with E-state index in [4.69, 9.17) is 37.7 Å². The minimum absolute atomic E-state index is 0.0383. The van der Waals surface area contributed by atoms with Crippen molar-refractivity contribution in [2.45, 2.75) is 32.8 Å². The molecule has 0 saturated heterocycles. The van der Waals surface area contributed by atoms with Gasteiger partial charge >= 0.3 is 0 Å². The fourth-order valence-corrected chi connectivity index (χ4v) is 4.90. The van der Waals surface area contributed by atoms with Gasteiger partial charge in [-0.1, -0.05) is 59.0 Å². The number of nitrogens with zero attached hydrogens (tertiary/aromatic N) is 3. The molecule has 0 amide bonds. The first kappa shape index (κ1) is 27.6. The van der Waals surface area contributed by atoms with Crippen LogP contribution in [0.2, 0.25) is 10.0 Å². The number of hydrogen-bond acceptors (Lipinski definition) is 5. The quantitative estimate of drug-likeness (QED) is 0.178. The van der Waals surface area contributed by atoms with Gasteiger partial charge in [0.05, 0.1) is 38.7 Å². The Kier molecular flexibility index (Phi) is 8.95. The Balaban J connectivity index is 1.69. The molecule has 0 aliphatic rings. The Labute approximate surface area is 241 Å². The highest BCUT2D eigenvalue weighted by atomic mass is 79.9. The Morgan fingerprint density at radius 3 is 2.59 bits per heavy atom. The van der Waals surface area contributed by atoms with Crippen molar-refractivity contribution in [1.29, 1.82) is 0 Å². The van der Waals surface area contributed by atoms with Gasteiger partial charge in [0.1, 0.15) is 12.4 Å². The molecule has 0 spiro atoms. The first-order valence-electron chi connectivity index (χ1n) is 11.4. The molecule has 0 saturated carbocycles. The third-order valence-electron chi connectivity index (χ3n) is 5.83. The van der Waals surface area contributed by atoms with Gasteiger partial charge in [0.2, 0.25) is 0 Å². The second-order valence-electron chi connectivity index (χ2n) is 8.37. The molecule has 0 radical (unpaired) electrons. The van der Waals surface area contributed by atoms with Crippen LogP contribution in [0.25, 0.3) is 10.9 Å². The van der Waals surface area contributed by atoms with Gasteiger partial charge in [-0.25, -0.2) is 4.98 Å². The van der Waals surface area contributed by atoms with Gasteiger partial charge in [0.25, 0.3) is 5.56 Å². The lowest BCUT2D eigenvalue weighted by Gasteiger charge is -2.15. The molecule has 37 heavy (non-hydrogen) atoms. The Morgan fingerprint density at radius 2 is 1.89 bits per heavy atom. The maximum atomic E-state index is 13.4. The van der Waals surface area contributed by atoms with E-state index < -0.39 is 0 Å². The lowest BCUT2D eigenvalue weighted by molar-refractivity contribution is 0.282. The topological polar surface area (TPSA) is 65.7 Å². The van der Waals surface area contributed by atoms with Crippen LogP contribution in [-0.4, -0.2) is 23.0 Å². The van der Waals surface area contributed by atoms with Gasteiger partial charge in [-0.3, -0.25) is 4.79 Å². The minimum atomic E-state index is -0.231. The maximum Gasteiger partial charge on any atom is 0.282 e. The molecule has 0 unspecified atom stereocenters. The average Bonchev–Trinajstić information content (AvgIpc) is 2.88. The van der Waals surface area contributed by atoms with Crippen LogP contribution in [-0.2, 0) is 6.61 Å². The van der Waals surface area contributed by atoms with E-state index in [0.717, 1.165) is 16.5 Å². The van der Waals surface area contributed by atoms with Gasteiger partial charge < -0.3 is 9.47 Å². The molecule has 0 aliphatic carbocycles. The molecule has 0 N–H and O–H groups in total. The van der Waals surface area contributed by atoms with Crippen molar-refractivity contribution in [1.82, 2.24) is 9.66 Å². The molecule has 0 fully saturated rings. The summed E-state index contributed by atoms with van der Waals surface area (Å²) in [5.74, 6) is 1.67. The number of aromatic nitrogens is 2. The summed E-state index contributed by atoms with van der Waals surface area (Å²) >= 11 is 19.1. The zero-order chi connectivity index (χ0) is 26.7. The van der Waals surface area contributed by atoms with Crippen LogP contribution in [0.1, 0.15) is 43.1 Å². The SMILES string of the molecule is CC[C@@H](C)c1nc2ccc(Br)cc2c(=O)n1N=Cc1cc(Br)c(OCc2ccc(Cl)c(Cl)c2)c(OC)c1. The van der Waals surface area contributed by atoms with Crippen molar-refractivity contribution in [2.24, 2.45) is 5.10 Å². The third-order valence-corrected chi connectivity index (χ3v) is 7.65. The van der Waals surface area contributed by atoms with Gasteiger partial charge in [-0.05, 0) is 75.9 Å². The normalized spacial score (nSPS) is 12.3. The predicted octanol–water partition coefficient (Wildman–Crippen LogP) is 8.21. The van der Waals surface area contributed by atoms with Crippen LogP contribution >= 0.6 is 55.1 Å². The largest absolute Gasteiger partial charge is 0.493 e. The van der Waals surface area contributed by atoms with E-state index in [1.54, 1.807) is 37.6 Å². The average molecular weight is 668 g/mol. The van der Waals surface area contributed by atoms with Crippen LogP contribution in [0.15, 0.2) is 67.4 Å². The highest BCUT2D eigenvalue weighted by Crippen LogP contribution is 2.37. The number of hydrogen-bond donors (Lipinski definition) is 0. The van der Waals surface area contributed by atoms with Crippen LogP contribution in [0.3, 0.4) is 0 Å². The Bertz CT molecular complexity index is 1560.